The van der Waals surface area contributed by atoms with Gasteiger partial charge in [-0.15, -0.1) is 0 Å². The summed E-state index contributed by atoms with van der Waals surface area (Å²) in [6, 6.07) is 0. The highest BCUT2D eigenvalue weighted by molar-refractivity contribution is 5.00. The molecule has 1 unspecified atom stereocenters. The molecule has 3 aliphatic rings. The Kier molecular flexibility index (Phi) is 4.16. The lowest BCUT2D eigenvalue weighted by Gasteiger charge is -2.45. The molecular weight excluding hydrogens is 236 g/mol. The SMILES string of the molecule is NCC1(NCC2CCCO2)CCC2(CCCC2)CC1. The lowest BCUT2D eigenvalue weighted by atomic mass is 9.66. The van der Waals surface area contributed by atoms with Crippen LogP contribution in [0.15, 0.2) is 0 Å². The van der Waals surface area contributed by atoms with Crippen LogP contribution in [-0.2, 0) is 4.74 Å². The number of ether oxygens (including phenoxy) is 1. The molecule has 0 aromatic rings. The second-order valence-electron chi connectivity index (χ2n) is 7.21. The summed E-state index contributed by atoms with van der Waals surface area (Å²) in [6.45, 7) is 2.74. The van der Waals surface area contributed by atoms with Crippen molar-refractivity contribution in [2.75, 3.05) is 19.7 Å². The molecule has 2 aliphatic carbocycles. The van der Waals surface area contributed by atoms with Gasteiger partial charge in [0.15, 0.2) is 0 Å². The highest BCUT2D eigenvalue weighted by atomic mass is 16.5. The standard InChI is InChI=1S/C16H30N2O/c17-13-16(18-12-14-4-3-11-19-14)9-7-15(8-10-16)5-1-2-6-15/h14,18H,1-13,17H2. The summed E-state index contributed by atoms with van der Waals surface area (Å²) in [5.41, 5.74) is 7.01. The van der Waals surface area contributed by atoms with E-state index in [2.05, 4.69) is 5.32 Å². The summed E-state index contributed by atoms with van der Waals surface area (Å²) in [6.07, 6.45) is 14.1. The van der Waals surface area contributed by atoms with Crippen molar-refractivity contribution in [3.63, 3.8) is 0 Å². The second-order valence-corrected chi connectivity index (χ2v) is 7.21. The summed E-state index contributed by atoms with van der Waals surface area (Å²) in [5, 5.41) is 3.78. The number of nitrogens with one attached hydrogen (secondary N) is 1. The Morgan fingerprint density at radius 2 is 1.74 bits per heavy atom. The van der Waals surface area contributed by atoms with Crippen molar-refractivity contribution < 1.29 is 4.74 Å². The number of rotatable bonds is 4. The van der Waals surface area contributed by atoms with Gasteiger partial charge in [-0.1, -0.05) is 12.8 Å². The van der Waals surface area contributed by atoms with Crippen LogP contribution >= 0.6 is 0 Å². The van der Waals surface area contributed by atoms with Gasteiger partial charge in [-0.3, -0.25) is 0 Å². The minimum Gasteiger partial charge on any atom is -0.377 e. The molecule has 1 heterocycles. The van der Waals surface area contributed by atoms with Gasteiger partial charge in [0, 0.05) is 25.2 Å². The first kappa shape index (κ1) is 13.8. The van der Waals surface area contributed by atoms with Crippen LogP contribution in [-0.4, -0.2) is 31.3 Å². The van der Waals surface area contributed by atoms with Gasteiger partial charge in [0.05, 0.1) is 6.10 Å². The van der Waals surface area contributed by atoms with Crippen molar-refractivity contribution >= 4 is 0 Å². The van der Waals surface area contributed by atoms with Crippen LogP contribution in [0.2, 0.25) is 0 Å². The fourth-order valence-electron chi connectivity index (χ4n) is 4.47. The zero-order chi connectivity index (χ0) is 13.2. The van der Waals surface area contributed by atoms with E-state index in [0.717, 1.165) is 19.7 Å². The van der Waals surface area contributed by atoms with Crippen molar-refractivity contribution in [3.05, 3.63) is 0 Å². The summed E-state index contributed by atoms with van der Waals surface area (Å²) < 4.78 is 5.72. The largest absolute Gasteiger partial charge is 0.377 e. The van der Waals surface area contributed by atoms with E-state index in [9.17, 15) is 0 Å². The van der Waals surface area contributed by atoms with Crippen molar-refractivity contribution in [1.29, 1.82) is 0 Å². The highest BCUT2D eigenvalue weighted by Gasteiger charge is 2.43. The van der Waals surface area contributed by atoms with Crippen LogP contribution < -0.4 is 11.1 Å². The molecule has 0 aromatic carbocycles. The normalized spacial score (nSPS) is 33.0. The quantitative estimate of drug-likeness (QED) is 0.822. The van der Waals surface area contributed by atoms with Gasteiger partial charge in [-0.2, -0.15) is 0 Å². The number of hydrogen-bond donors (Lipinski definition) is 2. The fraction of sp³-hybridized carbons (Fsp3) is 1.00. The molecule has 3 N–H and O–H groups in total. The highest BCUT2D eigenvalue weighted by Crippen LogP contribution is 2.51. The second kappa shape index (κ2) is 5.71. The molecule has 1 spiro atoms. The predicted molar refractivity (Wildman–Crippen MR) is 78.1 cm³/mol. The van der Waals surface area contributed by atoms with E-state index in [0.29, 0.717) is 11.5 Å². The van der Waals surface area contributed by atoms with Crippen LogP contribution in [0.25, 0.3) is 0 Å². The van der Waals surface area contributed by atoms with E-state index in [-0.39, 0.29) is 5.54 Å². The van der Waals surface area contributed by atoms with E-state index in [1.807, 2.05) is 0 Å². The Balaban J connectivity index is 1.52. The summed E-state index contributed by atoms with van der Waals surface area (Å²) in [4.78, 5) is 0. The zero-order valence-electron chi connectivity index (χ0n) is 12.3. The van der Waals surface area contributed by atoms with Crippen LogP contribution in [0, 0.1) is 5.41 Å². The zero-order valence-corrected chi connectivity index (χ0v) is 12.3. The smallest absolute Gasteiger partial charge is 0.0700 e. The maximum Gasteiger partial charge on any atom is 0.0700 e. The third-order valence-electron chi connectivity index (χ3n) is 6.05. The monoisotopic (exact) mass is 266 g/mol. The number of nitrogens with two attached hydrogens (primary N) is 1. The average molecular weight is 266 g/mol. The lowest BCUT2D eigenvalue weighted by Crippen LogP contribution is -2.56. The molecule has 1 aliphatic heterocycles. The third-order valence-corrected chi connectivity index (χ3v) is 6.05. The first-order valence-electron chi connectivity index (χ1n) is 8.33. The predicted octanol–water partition coefficient (Wildman–Crippen LogP) is 2.59. The van der Waals surface area contributed by atoms with Crippen molar-refractivity contribution in [2.45, 2.75) is 75.9 Å². The van der Waals surface area contributed by atoms with Crippen LogP contribution in [0.5, 0.6) is 0 Å². The molecule has 0 aromatic heterocycles. The Hall–Kier alpha value is -0.120. The minimum absolute atomic E-state index is 0.208. The third kappa shape index (κ3) is 2.98. The van der Waals surface area contributed by atoms with Crippen LogP contribution in [0.3, 0.4) is 0 Å². The van der Waals surface area contributed by atoms with E-state index >= 15 is 0 Å². The Bertz CT molecular complexity index is 278. The van der Waals surface area contributed by atoms with Gasteiger partial charge in [0.1, 0.15) is 0 Å². The molecule has 0 radical (unpaired) electrons. The molecule has 0 bridgehead atoms. The van der Waals surface area contributed by atoms with E-state index in [4.69, 9.17) is 10.5 Å². The molecule has 1 saturated heterocycles. The maximum atomic E-state index is 6.11. The lowest BCUT2D eigenvalue weighted by molar-refractivity contribution is 0.0769. The summed E-state index contributed by atoms with van der Waals surface area (Å²) in [5.74, 6) is 0. The average Bonchev–Trinajstić information content (AvgIpc) is 3.11. The molecule has 3 rings (SSSR count). The topological polar surface area (TPSA) is 47.3 Å². The van der Waals surface area contributed by atoms with E-state index in [1.165, 1.54) is 64.2 Å². The minimum atomic E-state index is 0.208. The van der Waals surface area contributed by atoms with Gasteiger partial charge in [0.2, 0.25) is 0 Å². The molecule has 3 fully saturated rings. The van der Waals surface area contributed by atoms with E-state index in [1.54, 1.807) is 0 Å². The summed E-state index contributed by atoms with van der Waals surface area (Å²) in [7, 11) is 0. The Morgan fingerprint density at radius 1 is 1.00 bits per heavy atom. The van der Waals surface area contributed by atoms with E-state index < -0.39 is 0 Å². The van der Waals surface area contributed by atoms with Crippen LogP contribution in [0.1, 0.15) is 64.2 Å². The van der Waals surface area contributed by atoms with Gasteiger partial charge in [0.25, 0.3) is 0 Å². The molecule has 3 heteroatoms. The first-order valence-corrected chi connectivity index (χ1v) is 8.33. The summed E-state index contributed by atoms with van der Waals surface area (Å²) >= 11 is 0. The molecule has 3 nitrogen and oxygen atoms in total. The van der Waals surface area contributed by atoms with Gasteiger partial charge < -0.3 is 15.8 Å². The fourth-order valence-corrected chi connectivity index (χ4v) is 4.47. The van der Waals surface area contributed by atoms with Crippen LogP contribution in [0.4, 0.5) is 0 Å². The van der Waals surface area contributed by atoms with Gasteiger partial charge in [-0.05, 0) is 56.8 Å². The Morgan fingerprint density at radius 3 is 2.32 bits per heavy atom. The maximum absolute atomic E-state index is 6.11. The number of hydrogen-bond acceptors (Lipinski definition) is 3. The molecule has 1 atom stereocenters. The molecule has 2 saturated carbocycles. The first-order chi connectivity index (χ1) is 9.26. The molecule has 19 heavy (non-hydrogen) atoms. The molecule has 0 amide bonds. The molecule has 110 valence electrons. The van der Waals surface area contributed by atoms with Gasteiger partial charge >= 0.3 is 0 Å². The molecular formula is C16H30N2O. The van der Waals surface area contributed by atoms with Gasteiger partial charge in [-0.25, -0.2) is 0 Å². The Labute approximate surface area is 117 Å². The van der Waals surface area contributed by atoms with Crippen molar-refractivity contribution in [2.24, 2.45) is 11.1 Å². The van der Waals surface area contributed by atoms with Crippen molar-refractivity contribution in [3.8, 4) is 0 Å². The van der Waals surface area contributed by atoms with Crippen molar-refractivity contribution in [1.82, 2.24) is 5.32 Å².